The molecular formula is C18H22IN. The van der Waals surface area contributed by atoms with E-state index in [-0.39, 0.29) is 6.04 Å². The average molecular weight is 379 g/mol. The molecule has 0 fully saturated rings. The molecule has 2 aromatic rings. The molecule has 0 spiro atoms. The van der Waals surface area contributed by atoms with E-state index in [1.54, 1.807) is 0 Å². The van der Waals surface area contributed by atoms with Crippen LogP contribution in [0.15, 0.2) is 42.5 Å². The van der Waals surface area contributed by atoms with Crippen LogP contribution in [0.1, 0.15) is 41.6 Å². The Labute approximate surface area is 135 Å². The molecule has 0 saturated carbocycles. The summed E-state index contributed by atoms with van der Waals surface area (Å²) in [7, 11) is 0. The predicted molar refractivity (Wildman–Crippen MR) is 95.2 cm³/mol. The van der Waals surface area contributed by atoms with E-state index >= 15 is 0 Å². The van der Waals surface area contributed by atoms with Crippen LogP contribution in [0.3, 0.4) is 0 Å². The number of benzene rings is 2. The fourth-order valence-corrected chi connectivity index (χ4v) is 3.11. The van der Waals surface area contributed by atoms with E-state index in [9.17, 15) is 0 Å². The molecule has 1 nitrogen and oxygen atoms in total. The first kappa shape index (κ1) is 15.5. The van der Waals surface area contributed by atoms with Gasteiger partial charge in [-0.15, -0.1) is 0 Å². The Kier molecular flexibility index (Phi) is 5.61. The molecule has 0 aliphatic heterocycles. The van der Waals surface area contributed by atoms with Crippen LogP contribution in [0.2, 0.25) is 0 Å². The molecule has 1 unspecified atom stereocenters. The first-order valence-electron chi connectivity index (χ1n) is 7.18. The maximum atomic E-state index is 3.69. The summed E-state index contributed by atoms with van der Waals surface area (Å²) in [6.45, 7) is 7.57. The maximum Gasteiger partial charge on any atom is 0.0587 e. The maximum absolute atomic E-state index is 3.69. The van der Waals surface area contributed by atoms with Gasteiger partial charge in [0.1, 0.15) is 0 Å². The summed E-state index contributed by atoms with van der Waals surface area (Å²) >= 11 is 2.47. The van der Waals surface area contributed by atoms with E-state index in [2.05, 4.69) is 91.1 Å². The van der Waals surface area contributed by atoms with Crippen molar-refractivity contribution in [2.75, 3.05) is 6.54 Å². The lowest BCUT2D eigenvalue weighted by molar-refractivity contribution is 0.596. The van der Waals surface area contributed by atoms with Gasteiger partial charge in [-0.1, -0.05) is 55.0 Å². The number of halogens is 1. The topological polar surface area (TPSA) is 12.0 Å². The highest BCUT2D eigenvalue weighted by atomic mass is 127. The van der Waals surface area contributed by atoms with Gasteiger partial charge in [0.2, 0.25) is 0 Å². The van der Waals surface area contributed by atoms with E-state index < -0.39 is 0 Å². The third-order valence-corrected chi connectivity index (χ3v) is 4.98. The Morgan fingerprint density at radius 3 is 2.55 bits per heavy atom. The number of rotatable bonds is 5. The molecular weight excluding hydrogens is 357 g/mol. The lowest BCUT2D eigenvalue weighted by Crippen LogP contribution is -2.24. The Morgan fingerprint density at radius 2 is 1.85 bits per heavy atom. The van der Waals surface area contributed by atoms with E-state index in [0.717, 1.165) is 13.0 Å². The third kappa shape index (κ3) is 3.61. The summed E-state index contributed by atoms with van der Waals surface area (Å²) in [5.41, 5.74) is 5.39. The van der Waals surface area contributed by atoms with Crippen molar-refractivity contribution in [3.8, 4) is 0 Å². The minimum atomic E-state index is 0.279. The summed E-state index contributed by atoms with van der Waals surface area (Å²) in [5, 5.41) is 3.69. The van der Waals surface area contributed by atoms with Crippen molar-refractivity contribution in [1.29, 1.82) is 0 Å². The zero-order valence-electron chi connectivity index (χ0n) is 12.4. The van der Waals surface area contributed by atoms with Gasteiger partial charge in [-0.3, -0.25) is 0 Å². The van der Waals surface area contributed by atoms with Crippen LogP contribution in [0.25, 0.3) is 0 Å². The summed E-state index contributed by atoms with van der Waals surface area (Å²) in [6, 6.07) is 15.7. The quantitative estimate of drug-likeness (QED) is 0.722. The molecule has 0 aliphatic carbocycles. The fraction of sp³-hybridized carbons (Fsp3) is 0.333. The number of nitrogens with one attached hydrogen (secondary N) is 1. The zero-order chi connectivity index (χ0) is 14.5. The van der Waals surface area contributed by atoms with E-state index in [4.69, 9.17) is 0 Å². The lowest BCUT2D eigenvalue weighted by Gasteiger charge is -2.22. The molecule has 1 atom stereocenters. The van der Waals surface area contributed by atoms with Gasteiger partial charge in [-0.25, -0.2) is 0 Å². The summed E-state index contributed by atoms with van der Waals surface area (Å²) in [5.74, 6) is 0. The minimum Gasteiger partial charge on any atom is -0.306 e. The Hall–Kier alpha value is -0.870. The molecule has 2 rings (SSSR count). The van der Waals surface area contributed by atoms with E-state index in [0.29, 0.717) is 0 Å². The van der Waals surface area contributed by atoms with Crippen LogP contribution in [-0.4, -0.2) is 6.54 Å². The normalized spacial score (nSPS) is 12.4. The van der Waals surface area contributed by atoms with E-state index in [1.165, 1.54) is 25.8 Å². The van der Waals surface area contributed by atoms with Crippen molar-refractivity contribution in [3.63, 3.8) is 0 Å². The molecule has 0 aliphatic rings. The number of hydrogen-bond donors (Lipinski definition) is 1. The second-order valence-corrected chi connectivity index (χ2v) is 6.36. The van der Waals surface area contributed by atoms with Crippen LogP contribution in [0.4, 0.5) is 0 Å². The van der Waals surface area contributed by atoms with Crippen LogP contribution < -0.4 is 5.32 Å². The SMILES string of the molecule is CCCNC(c1cccc(C)c1)c1cccc(C)c1I. The summed E-state index contributed by atoms with van der Waals surface area (Å²) in [4.78, 5) is 0. The molecule has 20 heavy (non-hydrogen) atoms. The number of hydrogen-bond acceptors (Lipinski definition) is 1. The van der Waals surface area contributed by atoms with Gasteiger partial charge in [-0.05, 0) is 66.1 Å². The smallest absolute Gasteiger partial charge is 0.0587 e. The Bertz CT molecular complexity index is 577. The first-order valence-corrected chi connectivity index (χ1v) is 8.26. The van der Waals surface area contributed by atoms with Gasteiger partial charge < -0.3 is 5.32 Å². The van der Waals surface area contributed by atoms with Gasteiger partial charge in [0.15, 0.2) is 0 Å². The van der Waals surface area contributed by atoms with Gasteiger partial charge >= 0.3 is 0 Å². The monoisotopic (exact) mass is 379 g/mol. The fourth-order valence-electron chi connectivity index (χ4n) is 2.44. The lowest BCUT2D eigenvalue weighted by atomic mass is 9.96. The molecule has 0 aromatic heterocycles. The highest BCUT2D eigenvalue weighted by Gasteiger charge is 2.16. The molecule has 106 valence electrons. The average Bonchev–Trinajstić information content (AvgIpc) is 2.44. The standard InChI is InChI=1S/C18H22IN/c1-4-11-20-18(15-9-5-7-13(2)12-15)16-10-6-8-14(3)17(16)19/h5-10,12,18,20H,4,11H2,1-3H3. The second-order valence-electron chi connectivity index (χ2n) is 5.28. The van der Waals surface area contributed by atoms with Crippen molar-refractivity contribution in [1.82, 2.24) is 5.32 Å². The first-order chi connectivity index (χ1) is 9.63. The molecule has 1 N–H and O–H groups in total. The highest BCUT2D eigenvalue weighted by molar-refractivity contribution is 14.1. The van der Waals surface area contributed by atoms with Crippen molar-refractivity contribution < 1.29 is 0 Å². The summed E-state index contributed by atoms with van der Waals surface area (Å²) < 4.78 is 1.36. The third-order valence-electron chi connectivity index (χ3n) is 3.51. The summed E-state index contributed by atoms with van der Waals surface area (Å²) in [6.07, 6.45) is 1.14. The van der Waals surface area contributed by atoms with Gasteiger partial charge in [0.25, 0.3) is 0 Å². The molecule has 0 bridgehead atoms. The Morgan fingerprint density at radius 1 is 1.10 bits per heavy atom. The van der Waals surface area contributed by atoms with Crippen molar-refractivity contribution in [3.05, 3.63) is 68.3 Å². The Balaban J connectivity index is 2.44. The van der Waals surface area contributed by atoms with Gasteiger partial charge in [-0.2, -0.15) is 0 Å². The predicted octanol–water partition coefficient (Wildman–Crippen LogP) is 5.00. The molecule has 2 heteroatoms. The largest absolute Gasteiger partial charge is 0.306 e. The van der Waals surface area contributed by atoms with E-state index in [1.807, 2.05) is 0 Å². The molecule has 2 aromatic carbocycles. The molecule has 0 heterocycles. The van der Waals surface area contributed by atoms with Gasteiger partial charge in [0, 0.05) is 3.57 Å². The van der Waals surface area contributed by atoms with Crippen LogP contribution in [0.5, 0.6) is 0 Å². The highest BCUT2D eigenvalue weighted by Crippen LogP contribution is 2.28. The minimum absolute atomic E-state index is 0.279. The second kappa shape index (κ2) is 7.23. The van der Waals surface area contributed by atoms with Crippen LogP contribution in [-0.2, 0) is 0 Å². The van der Waals surface area contributed by atoms with Crippen molar-refractivity contribution in [2.45, 2.75) is 33.2 Å². The molecule has 0 radical (unpaired) electrons. The van der Waals surface area contributed by atoms with Crippen molar-refractivity contribution >= 4 is 22.6 Å². The number of aryl methyl sites for hydroxylation is 2. The van der Waals surface area contributed by atoms with Crippen LogP contribution in [0, 0.1) is 17.4 Å². The van der Waals surface area contributed by atoms with Gasteiger partial charge in [0.05, 0.1) is 6.04 Å². The molecule has 0 amide bonds. The van der Waals surface area contributed by atoms with Crippen LogP contribution >= 0.6 is 22.6 Å². The van der Waals surface area contributed by atoms with Crippen molar-refractivity contribution in [2.24, 2.45) is 0 Å². The zero-order valence-corrected chi connectivity index (χ0v) is 14.6. The molecule has 0 saturated heterocycles.